The van der Waals surface area contributed by atoms with Gasteiger partial charge in [0, 0.05) is 6.42 Å². The van der Waals surface area contributed by atoms with Crippen molar-refractivity contribution in [1.82, 2.24) is 0 Å². The molecular formula is C8H10O7S. The van der Waals surface area contributed by atoms with Crippen LogP contribution in [0.3, 0.4) is 0 Å². The molecule has 0 saturated heterocycles. The first kappa shape index (κ1) is 14.4. The highest BCUT2D eigenvalue weighted by atomic mass is 32.2. The minimum atomic E-state index is -1.66. The molecule has 0 aromatic heterocycles. The summed E-state index contributed by atoms with van der Waals surface area (Å²) < 4.78 is 4.33. The van der Waals surface area contributed by atoms with Crippen LogP contribution in [0.25, 0.3) is 0 Å². The lowest BCUT2D eigenvalue weighted by atomic mass is 10.2. The summed E-state index contributed by atoms with van der Waals surface area (Å²) in [5.74, 6) is -5.22. The number of hydrogen-bond donors (Lipinski definition) is 2. The zero-order valence-corrected chi connectivity index (χ0v) is 9.15. The molecule has 0 aromatic rings. The number of ether oxygens (including phenoxy) is 1. The van der Waals surface area contributed by atoms with E-state index in [2.05, 4.69) is 4.74 Å². The van der Waals surface area contributed by atoms with E-state index in [9.17, 15) is 19.2 Å². The van der Waals surface area contributed by atoms with Crippen LogP contribution in [0.15, 0.2) is 0 Å². The SMILES string of the molecule is COC(=O)C(CC(=O)C(=O)O)SCC(=O)O. The third-order valence-corrected chi connectivity index (χ3v) is 2.66. The number of thioether (sulfide) groups is 1. The van der Waals surface area contributed by atoms with E-state index in [-0.39, 0.29) is 0 Å². The lowest BCUT2D eigenvalue weighted by molar-refractivity contribution is -0.150. The van der Waals surface area contributed by atoms with Crippen molar-refractivity contribution in [2.45, 2.75) is 11.7 Å². The van der Waals surface area contributed by atoms with Crippen LogP contribution in [-0.4, -0.2) is 52.0 Å². The normalized spacial score (nSPS) is 11.6. The van der Waals surface area contributed by atoms with Crippen LogP contribution >= 0.6 is 11.8 Å². The Balaban J connectivity index is 4.43. The first-order chi connectivity index (χ1) is 7.38. The molecule has 0 aromatic carbocycles. The molecule has 0 fully saturated rings. The van der Waals surface area contributed by atoms with Crippen molar-refractivity contribution < 1.29 is 34.1 Å². The highest BCUT2D eigenvalue weighted by Gasteiger charge is 2.26. The molecule has 1 unspecified atom stereocenters. The molecule has 0 amide bonds. The van der Waals surface area contributed by atoms with Crippen molar-refractivity contribution in [1.29, 1.82) is 0 Å². The third kappa shape index (κ3) is 5.35. The highest BCUT2D eigenvalue weighted by molar-refractivity contribution is 8.01. The van der Waals surface area contributed by atoms with E-state index in [1.165, 1.54) is 0 Å². The van der Waals surface area contributed by atoms with Crippen molar-refractivity contribution in [2.24, 2.45) is 0 Å². The van der Waals surface area contributed by atoms with Gasteiger partial charge in [0.25, 0.3) is 0 Å². The van der Waals surface area contributed by atoms with Crippen LogP contribution in [0.2, 0.25) is 0 Å². The Bertz CT molecular complexity index is 312. The fourth-order valence-corrected chi connectivity index (χ4v) is 1.61. The monoisotopic (exact) mass is 250 g/mol. The molecule has 0 aliphatic rings. The molecule has 0 aliphatic carbocycles. The highest BCUT2D eigenvalue weighted by Crippen LogP contribution is 2.16. The molecule has 0 aliphatic heterocycles. The first-order valence-corrected chi connectivity index (χ1v) is 5.10. The van der Waals surface area contributed by atoms with Crippen LogP contribution in [0, 0.1) is 0 Å². The van der Waals surface area contributed by atoms with Crippen molar-refractivity contribution >= 4 is 35.5 Å². The Labute approximate surface area is 94.8 Å². The van der Waals surface area contributed by atoms with Crippen LogP contribution in [0.5, 0.6) is 0 Å². The Kier molecular flexibility index (Phi) is 6.16. The lowest BCUT2D eigenvalue weighted by Crippen LogP contribution is -2.27. The molecule has 0 radical (unpaired) electrons. The predicted octanol–water partition coefficient (Wildman–Crippen LogP) is -0.610. The lowest BCUT2D eigenvalue weighted by Gasteiger charge is -2.10. The van der Waals surface area contributed by atoms with Crippen LogP contribution in [0.1, 0.15) is 6.42 Å². The average Bonchev–Trinajstić information content (AvgIpc) is 2.22. The minimum Gasteiger partial charge on any atom is -0.481 e. The maximum Gasteiger partial charge on any atom is 0.372 e. The number of aliphatic carboxylic acids is 2. The Hall–Kier alpha value is -1.57. The van der Waals surface area contributed by atoms with E-state index < -0.39 is 41.1 Å². The molecule has 0 saturated carbocycles. The number of carboxylic acid groups (broad SMARTS) is 2. The third-order valence-electron chi connectivity index (χ3n) is 1.48. The molecule has 7 nitrogen and oxygen atoms in total. The maximum absolute atomic E-state index is 11.1. The summed E-state index contributed by atoms with van der Waals surface area (Å²) in [6.07, 6.45) is -0.583. The van der Waals surface area contributed by atoms with Gasteiger partial charge < -0.3 is 14.9 Å². The number of rotatable bonds is 7. The van der Waals surface area contributed by atoms with Crippen LogP contribution in [0.4, 0.5) is 0 Å². The molecule has 0 rings (SSSR count). The Morgan fingerprint density at radius 1 is 1.25 bits per heavy atom. The zero-order chi connectivity index (χ0) is 12.7. The molecule has 1 atom stereocenters. The van der Waals surface area contributed by atoms with Crippen LogP contribution in [-0.2, 0) is 23.9 Å². The van der Waals surface area contributed by atoms with Gasteiger partial charge in [-0.05, 0) is 0 Å². The van der Waals surface area contributed by atoms with Gasteiger partial charge >= 0.3 is 17.9 Å². The van der Waals surface area contributed by atoms with Gasteiger partial charge in [0.1, 0.15) is 5.25 Å². The van der Waals surface area contributed by atoms with Gasteiger partial charge in [-0.25, -0.2) is 4.79 Å². The van der Waals surface area contributed by atoms with Gasteiger partial charge in [0.2, 0.25) is 5.78 Å². The average molecular weight is 250 g/mol. The fourth-order valence-electron chi connectivity index (χ4n) is 0.769. The second kappa shape index (κ2) is 6.83. The summed E-state index contributed by atoms with van der Waals surface area (Å²) in [5.41, 5.74) is 0. The summed E-state index contributed by atoms with van der Waals surface area (Å²) in [5, 5.41) is 15.6. The fraction of sp³-hybridized carbons (Fsp3) is 0.500. The molecular weight excluding hydrogens is 240 g/mol. The van der Waals surface area contributed by atoms with E-state index in [4.69, 9.17) is 10.2 Å². The van der Waals surface area contributed by atoms with E-state index in [0.717, 1.165) is 7.11 Å². The van der Waals surface area contributed by atoms with Gasteiger partial charge in [0.15, 0.2) is 0 Å². The van der Waals surface area contributed by atoms with Gasteiger partial charge in [-0.1, -0.05) is 0 Å². The summed E-state index contributed by atoms with van der Waals surface area (Å²) in [6.45, 7) is 0. The van der Waals surface area contributed by atoms with E-state index in [1.807, 2.05) is 0 Å². The number of Topliss-reactive ketones (excluding diaryl/α,β-unsaturated/α-hetero) is 1. The zero-order valence-electron chi connectivity index (χ0n) is 8.34. The van der Waals surface area contributed by atoms with Gasteiger partial charge in [0.05, 0.1) is 12.9 Å². The molecule has 2 N–H and O–H groups in total. The number of esters is 1. The second-order valence-electron chi connectivity index (χ2n) is 2.65. The van der Waals surface area contributed by atoms with Gasteiger partial charge in [-0.2, -0.15) is 0 Å². The van der Waals surface area contributed by atoms with Gasteiger partial charge in [-0.3, -0.25) is 14.4 Å². The summed E-state index contributed by atoms with van der Waals surface area (Å²) in [6, 6.07) is 0. The van der Waals surface area contributed by atoms with Gasteiger partial charge in [-0.15, -0.1) is 11.8 Å². The molecule has 90 valence electrons. The van der Waals surface area contributed by atoms with E-state index in [1.54, 1.807) is 0 Å². The Morgan fingerprint density at radius 3 is 2.19 bits per heavy atom. The number of ketones is 1. The van der Waals surface area contributed by atoms with Crippen molar-refractivity contribution in [3.63, 3.8) is 0 Å². The van der Waals surface area contributed by atoms with E-state index in [0.29, 0.717) is 11.8 Å². The van der Waals surface area contributed by atoms with Crippen molar-refractivity contribution in [2.75, 3.05) is 12.9 Å². The number of hydrogen-bond acceptors (Lipinski definition) is 6. The molecule has 16 heavy (non-hydrogen) atoms. The largest absolute Gasteiger partial charge is 0.481 e. The quantitative estimate of drug-likeness (QED) is 0.453. The number of methoxy groups -OCH3 is 1. The molecule has 0 heterocycles. The minimum absolute atomic E-state index is 0.410. The summed E-state index contributed by atoms with van der Waals surface area (Å²) >= 11 is 0.650. The standard InChI is InChI=1S/C8H10O7S/c1-15-8(14)5(16-3-6(10)11)2-4(9)7(12)13/h5H,2-3H2,1H3,(H,10,11)(H,12,13). The predicted molar refractivity (Wildman–Crippen MR) is 53.2 cm³/mol. The van der Waals surface area contributed by atoms with Crippen molar-refractivity contribution in [3.05, 3.63) is 0 Å². The number of carbonyl (C=O) groups is 4. The van der Waals surface area contributed by atoms with E-state index >= 15 is 0 Å². The number of carbonyl (C=O) groups excluding carboxylic acids is 2. The Morgan fingerprint density at radius 2 is 1.81 bits per heavy atom. The molecule has 0 spiro atoms. The maximum atomic E-state index is 11.1. The second-order valence-corrected chi connectivity index (χ2v) is 3.84. The molecule has 8 heteroatoms. The summed E-state index contributed by atoms with van der Waals surface area (Å²) in [4.78, 5) is 42.5. The summed E-state index contributed by atoms with van der Waals surface area (Å²) in [7, 11) is 1.07. The smallest absolute Gasteiger partial charge is 0.372 e. The first-order valence-electron chi connectivity index (χ1n) is 4.05. The topological polar surface area (TPSA) is 118 Å². The van der Waals surface area contributed by atoms with Crippen LogP contribution < -0.4 is 0 Å². The number of carboxylic acids is 2. The van der Waals surface area contributed by atoms with Crippen molar-refractivity contribution in [3.8, 4) is 0 Å². The molecule has 0 bridgehead atoms.